The van der Waals surface area contributed by atoms with Crippen molar-refractivity contribution in [2.45, 2.75) is 22.8 Å². The number of hydrogen-bond donors (Lipinski definition) is 2. The summed E-state index contributed by atoms with van der Waals surface area (Å²) in [6.45, 7) is 2.17. The molecule has 33 heavy (non-hydrogen) atoms. The van der Waals surface area contributed by atoms with Crippen LogP contribution in [0, 0.1) is 18.7 Å². The number of esters is 1. The van der Waals surface area contributed by atoms with E-state index in [2.05, 4.69) is 14.8 Å². The van der Waals surface area contributed by atoms with E-state index in [0.29, 0.717) is 39.0 Å². The first-order chi connectivity index (χ1) is 15.7. The van der Waals surface area contributed by atoms with Gasteiger partial charge < -0.3 is 19.5 Å². The molecule has 0 aliphatic carbocycles. The van der Waals surface area contributed by atoms with Gasteiger partial charge in [0, 0.05) is 49.7 Å². The van der Waals surface area contributed by atoms with E-state index in [4.69, 9.17) is 0 Å². The number of methoxy groups -OCH3 is 1. The number of aryl methyl sites for hydroxylation is 2. The van der Waals surface area contributed by atoms with E-state index in [9.17, 15) is 23.0 Å². The van der Waals surface area contributed by atoms with Crippen LogP contribution in [0.3, 0.4) is 0 Å². The molecule has 176 valence electrons. The summed E-state index contributed by atoms with van der Waals surface area (Å²) in [5.74, 6) is -1.95. The minimum atomic E-state index is -1.63. The zero-order valence-corrected chi connectivity index (χ0v) is 19.8. The molecule has 2 aliphatic rings. The maximum absolute atomic E-state index is 13.6. The number of carbonyl (C=O) groups is 3. The number of fused-ring (bicyclic) bond motifs is 2. The summed E-state index contributed by atoms with van der Waals surface area (Å²) in [7, 11) is 1.22. The van der Waals surface area contributed by atoms with Gasteiger partial charge in [0.15, 0.2) is 0 Å². The quantitative estimate of drug-likeness (QED) is 0.483. The molecule has 1 aromatic heterocycles. The first-order valence-corrected chi connectivity index (χ1v) is 12.3. The van der Waals surface area contributed by atoms with Gasteiger partial charge in [-0.25, -0.2) is 18.1 Å². The minimum Gasteiger partial charge on any atom is -0.462 e. The largest absolute Gasteiger partial charge is 0.462 e. The topological polar surface area (TPSA) is 110 Å². The van der Waals surface area contributed by atoms with Gasteiger partial charge in [-0.2, -0.15) is 0 Å². The van der Waals surface area contributed by atoms with Gasteiger partial charge in [0.25, 0.3) is 5.91 Å². The highest BCUT2D eigenvalue weighted by Gasteiger charge is 2.40. The number of aromatic nitrogens is 1. The van der Waals surface area contributed by atoms with E-state index in [-0.39, 0.29) is 24.3 Å². The fourth-order valence-electron chi connectivity index (χ4n) is 3.97. The molecule has 0 bridgehead atoms. The van der Waals surface area contributed by atoms with Gasteiger partial charge in [0.1, 0.15) is 22.5 Å². The Hall–Kier alpha value is -2.70. The molecule has 1 fully saturated rings. The highest BCUT2D eigenvalue weighted by atomic mass is 32.2. The second-order valence-corrected chi connectivity index (χ2v) is 10.2. The summed E-state index contributed by atoms with van der Waals surface area (Å²) in [5.41, 5.74) is 1.20. The van der Waals surface area contributed by atoms with Crippen LogP contribution in [0.2, 0.25) is 0 Å². The fraction of sp³-hybridized carbons (Fsp3) is 0.381. The predicted molar refractivity (Wildman–Crippen MR) is 121 cm³/mol. The predicted octanol–water partition coefficient (Wildman–Crippen LogP) is 1.44. The lowest BCUT2D eigenvalue weighted by Gasteiger charge is -2.22. The van der Waals surface area contributed by atoms with Crippen LogP contribution in [0.1, 0.15) is 16.1 Å². The van der Waals surface area contributed by atoms with Gasteiger partial charge in [-0.3, -0.25) is 9.59 Å². The molecule has 1 saturated heterocycles. The SMILES string of the molecule is COC(=O)C(=O)N1CC2CSc3c(cn(C)c3C(=O)Nc3ccc(F)c(C)c3)S(=O)NC2C1. The number of ether oxygens (including phenoxy) is 1. The number of hydrogen-bond acceptors (Lipinski definition) is 6. The Bertz CT molecular complexity index is 1170. The molecule has 1 aromatic carbocycles. The molecule has 12 heteroatoms. The summed E-state index contributed by atoms with van der Waals surface area (Å²) in [4.78, 5) is 39.4. The summed E-state index contributed by atoms with van der Waals surface area (Å²) in [6.07, 6.45) is 1.64. The molecule has 3 unspecified atom stereocenters. The van der Waals surface area contributed by atoms with E-state index < -0.39 is 28.8 Å². The van der Waals surface area contributed by atoms with E-state index in [1.165, 1.54) is 28.8 Å². The molecular weight excluding hydrogens is 471 g/mol. The number of benzene rings is 1. The summed E-state index contributed by atoms with van der Waals surface area (Å²) < 4.78 is 35.9. The lowest BCUT2D eigenvalue weighted by molar-refractivity contribution is -0.157. The third kappa shape index (κ3) is 4.55. The van der Waals surface area contributed by atoms with Crippen LogP contribution >= 0.6 is 11.8 Å². The second-order valence-electron chi connectivity index (χ2n) is 7.97. The van der Waals surface area contributed by atoms with Crippen LogP contribution in [0.5, 0.6) is 0 Å². The maximum atomic E-state index is 13.6. The molecule has 3 heterocycles. The van der Waals surface area contributed by atoms with Crippen molar-refractivity contribution in [1.29, 1.82) is 0 Å². The number of carbonyl (C=O) groups excluding carboxylic acids is 3. The van der Waals surface area contributed by atoms with Crippen molar-refractivity contribution in [3.63, 3.8) is 0 Å². The van der Waals surface area contributed by atoms with Crippen molar-refractivity contribution in [1.82, 2.24) is 14.2 Å². The second kappa shape index (κ2) is 9.27. The van der Waals surface area contributed by atoms with Crippen LogP contribution in [-0.2, 0) is 32.4 Å². The molecule has 2 aromatic rings. The highest BCUT2D eigenvalue weighted by Crippen LogP contribution is 2.36. The Kier molecular flexibility index (Phi) is 6.59. The monoisotopic (exact) mass is 494 g/mol. The van der Waals surface area contributed by atoms with Crippen LogP contribution < -0.4 is 10.0 Å². The van der Waals surface area contributed by atoms with Crippen molar-refractivity contribution in [2.75, 3.05) is 31.3 Å². The Labute approximate surface area is 196 Å². The molecule has 0 spiro atoms. The van der Waals surface area contributed by atoms with Crippen LogP contribution in [0.25, 0.3) is 0 Å². The normalized spacial score (nSPS) is 22.1. The number of likely N-dealkylation sites (tertiary alicyclic amines) is 1. The number of nitrogens with zero attached hydrogens (tertiary/aromatic N) is 2. The Morgan fingerprint density at radius 1 is 1.30 bits per heavy atom. The average Bonchev–Trinajstić information content (AvgIpc) is 3.32. The molecule has 9 nitrogen and oxygen atoms in total. The zero-order chi connectivity index (χ0) is 23.9. The van der Waals surface area contributed by atoms with E-state index >= 15 is 0 Å². The lowest BCUT2D eigenvalue weighted by Crippen LogP contribution is -2.40. The third-order valence-electron chi connectivity index (χ3n) is 5.72. The molecule has 2 aliphatic heterocycles. The number of thioether (sulfide) groups is 1. The van der Waals surface area contributed by atoms with E-state index in [0.717, 1.165) is 7.11 Å². The van der Waals surface area contributed by atoms with E-state index in [1.807, 2.05) is 0 Å². The third-order valence-corrected chi connectivity index (χ3v) is 8.37. The fourth-order valence-corrected chi connectivity index (χ4v) is 6.85. The van der Waals surface area contributed by atoms with Crippen molar-refractivity contribution in [3.05, 3.63) is 41.5 Å². The van der Waals surface area contributed by atoms with E-state index in [1.54, 1.807) is 30.8 Å². The Morgan fingerprint density at radius 3 is 2.76 bits per heavy atom. The number of rotatable bonds is 2. The summed E-state index contributed by atoms with van der Waals surface area (Å²) >= 11 is 1.39. The van der Waals surface area contributed by atoms with Crippen molar-refractivity contribution < 1.29 is 27.7 Å². The number of nitrogens with one attached hydrogen (secondary N) is 2. The van der Waals surface area contributed by atoms with Gasteiger partial charge in [0.2, 0.25) is 0 Å². The van der Waals surface area contributed by atoms with Gasteiger partial charge >= 0.3 is 11.9 Å². The average molecular weight is 495 g/mol. The van der Waals surface area contributed by atoms with Gasteiger partial charge in [-0.1, -0.05) is 0 Å². The molecule has 2 amide bonds. The Morgan fingerprint density at radius 2 is 2.06 bits per heavy atom. The molecule has 3 atom stereocenters. The highest BCUT2D eigenvalue weighted by molar-refractivity contribution is 8.00. The van der Waals surface area contributed by atoms with Gasteiger partial charge in [0.05, 0.1) is 16.9 Å². The van der Waals surface area contributed by atoms with Crippen LogP contribution in [0.15, 0.2) is 34.2 Å². The molecule has 0 saturated carbocycles. The van der Waals surface area contributed by atoms with Crippen molar-refractivity contribution >= 4 is 46.2 Å². The van der Waals surface area contributed by atoms with Gasteiger partial charge in [-0.05, 0) is 30.7 Å². The van der Waals surface area contributed by atoms with Crippen LogP contribution in [-0.4, -0.2) is 63.5 Å². The first kappa shape index (κ1) is 23.5. The smallest absolute Gasteiger partial charge is 0.396 e. The first-order valence-electron chi connectivity index (χ1n) is 10.1. The van der Waals surface area contributed by atoms with Crippen LogP contribution in [0.4, 0.5) is 10.1 Å². The van der Waals surface area contributed by atoms with Crippen molar-refractivity contribution in [2.24, 2.45) is 13.0 Å². The number of amides is 2. The zero-order valence-electron chi connectivity index (χ0n) is 18.2. The van der Waals surface area contributed by atoms with Gasteiger partial charge in [-0.15, -0.1) is 11.8 Å². The van der Waals surface area contributed by atoms with Crippen molar-refractivity contribution in [3.8, 4) is 0 Å². The molecular formula is C21H23FN4O5S2. The molecule has 0 radical (unpaired) electrons. The Balaban J connectivity index is 1.57. The molecule has 4 rings (SSSR count). The number of halogens is 1. The minimum absolute atomic E-state index is 0.0726. The maximum Gasteiger partial charge on any atom is 0.396 e. The summed E-state index contributed by atoms with van der Waals surface area (Å²) in [5, 5.41) is 2.78. The molecule has 2 N–H and O–H groups in total. The number of anilines is 1. The summed E-state index contributed by atoms with van der Waals surface area (Å²) in [6, 6.07) is 4.05. The lowest BCUT2D eigenvalue weighted by atomic mass is 10.1. The standard InChI is InChI=1S/C21H23FN4O5S2/c1-11-6-13(4-5-14(11)22)23-19(27)17-18-16(9-25(17)2)33(30)24-15-8-26(7-12(15)10-32-18)20(28)21(29)31-3/h4-6,9,12,15,24H,7-8,10H2,1-3H3,(H,23,27).